The minimum atomic E-state index is -0.116. The van der Waals surface area contributed by atoms with E-state index in [0.29, 0.717) is 0 Å². The van der Waals surface area contributed by atoms with E-state index in [1.165, 1.54) is 25.3 Å². The van der Waals surface area contributed by atoms with Crippen molar-refractivity contribution in [1.29, 1.82) is 0 Å². The zero-order chi connectivity index (χ0) is 10.5. The topological polar surface area (TPSA) is 12.0 Å². The summed E-state index contributed by atoms with van der Waals surface area (Å²) in [7, 11) is 0. The van der Waals surface area contributed by atoms with Gasteiger partial charge >= 0.3 is 0 Å². The molecule has 1 aliphatic rings. The molecular weight excluding hydrogens is 225 g/mol. The Labute approximate surface area is 103 Å². The Morgan fingerprint density at radius 2 is 2.25 bits per heavy atom. The number of rotatable bonds is 3. The molecular formula is C13H19ClFN. The normalized spacial score (nSPS) is 20.2. The highest BCUT2D eigenvalue weighted by atomic mass is 35.5. The van der Waals surface area contributed by atoms with Crippen LogP contribution in [0.25, 0.3) is 0 Å². The lowest BCUT2D eigenvalue weighted by Crippen LogP contribution is -2.29. The summed E-state index contributed by atoms with van der Waals surface area (Å²) in [5, 5.41) is 3.41. The molecule has 1 saturated heterocycles. The van der Waals surface area contributed by atoms with Crippen LogP contribution in [0.2, 0.25) is 0 Å². The molecule has 1 atom stereocenters. The summed E-state index contributed by atoms with van der Waals surface area (Å²) in [6.45, 7) is 2.30. The van der Waals surface area contributed by atoms with Crippen molar-refractivity contribution in [2.75, 3.05) is 13.1 Å². The summed E-state index contributed by atoms with van der Waals surface area (Å²) in [6.07, 6.45) is 4.79. The molecule has 0 radical (unpaired) electrons. The average molecular weight is 244 g/mol. The Morgan fingerprint density at radius 1 is 1.38 bits per heavy atom. The van der Waals surface area contributed by atoms with Crippen LogP contribution >= 0.6 is 12.4 Å². The molecule has 1 heterocycles. The zero-order valence-corrected chi connectivity index (χ0v) is 10.2. The van der Waals surface area contributed by atoms with E-state index in [-0.39, 0.29) is 18.2 Å². The molecule has 0 amide bonds. The third kappa shape index (κ3) is 4.11. The molecule has 0 aliphatic carbocycles. The number of aryl methyl sites for hydroxylation is 1. The number of nitrogens with one attached hydrogen (secondary N) is 1. The lowest BCUT2D eigenvalue weighted by molar-refractivity contribution is 0.358. The molecule has 0 aromatic heterocycles. The van der Waals surface area contributed by atoms with Crippen LogP contribution in [0.15, 0.2) is 24.3 Å². The van der Waals surface area contributed by atoms with Gasteiger partial charge in [0.25, 0.3) is 0 Å². The van der Waals surface area contributed by atoms with Gasteiger partial charge in [-0.1, -0.05) is 12.1 Å². The standard InChI is InChI=1S/C13H18FN.ClH/c14-13-5-1-3-11(9-13)6-7-12-4-2-8-15-10-12;/h1,3,5,9,12,15H,2,4,6-8,10H2;1H. The van der Waals surface area contributed by atoms with Gasteiger partial charge in [-0.05, 0) is 62.4 Å². The maximum Gasteiger partial charge on any atom is 0.123 e. The molecule has 1 unspecified atom stereocenters. The van der Waals surface area contributed by atoms with Crippen LogP contribution in [0.1, 0.15) is 24.8 Å². The molecule has 1 N–H and O–H groups in total. The molecule has 0 saturated carbocycles. The van der Waals surface area contributed by atoms with Crippen molar-refractivity contribution in [3.63, 3.8) is 0 Å². The van der Waals surface area contributed by atoms with Crippen LogP contribution in [0.3, 0.4) is 0 Å². The Kier molecular flexibility index (Phi) is 5.78. The highest BCUT2D eigenvalue weighted by molar-refractivity contribution is 5.85. The van der Waals surface area contributed by atoms with Gasteiger partial charge in [-0.15, -0.1) is 12.4 Å². The first-order valence-electron chi connectivity index (χ1n) is 5.80. The number of halogens is 2. The van der Waals surface area contributed by atoms with Crippen LogP contribution in [0, 0.1) is 11.7 Å². The predicted octanol–water partition coefficient (Wildman–Crippen LogP) is 3.18. The van der Waals surface area contributed by atoms with Crippen LogP contribution < -0.4 is 5.32 Å². The van der Waals surface area contributed by atoms with Crippen LogP contribution in [-0.2, 0) is 6.42 Å². The zero-order valence-electron chi connectivity index (χ0n) is 9.42. The van der Waals surface area contributed by atoms with Crippen molar-refractivity contribution < 1.29 is 4.39 Å². The van der Waals surface area contributed by atoms with Crippen molar-refractivity contribution in [3.05, 3.63) is 35.6 Å². The van der Waals surface area contributed by atoms with E-state index in [9.17, 15) is 4.39 Å². The second-order valence-electron chi connectivity index (χ2n) is 4.38. The van der Waals surface area contributed by atoms with E-state index in [1.54, 1.807) is 12.1 Å². The van der Waals surface area contributed by atoms with E-state index in [1.807, 2.05) is 6.07 Å². The molecule has 0 bridgehead atoms. The molecule has 1 fully saturated rings. The SMILES string of the molecule is Cl.Fc1cccc(CCC2CCCNC2)c1. The van der Waals surface area contributed by atoms with E-state index < -0.39 is 0 Å². The lowest BCUT2D eigenvalue weighted by Gasteiger charge is -2.22. The first kappa shape index (κ1) is 13.5. The number of hydrogen-bond acceptors (Lipinski definition) is 1. The van der Waals surface area contributed by atoms with Gasteiger partial charge < -0.3 is 5.32 Å². The van der Waals surface area contributed by atoms with E-state index in [4.69, 9.17) is 0 Å². The first-order chi connectivity index (χ1) is 7.34. The van der Waals surface area contributed by atoms with Gasteiger partial charge in [0.1, 0.15) is 5.82 Å². The van der Waals surface area contributed by atoms with Crippen LogP contribution in [0.4, 0.5) is 4.39 Å². The largest absolute Gasteiger partial charge is 0.316 e. The van der Waals surface area contributed by atoms with Crippen molar-refractivity contribution >= 4 is 12.4 Å². The smallest absolute Gasteiger partial charge is 0.123 e. The third-order valence-electron chi connectivity index (χ3n) is 3.13. The second-order valence-corrected chi connectivity index (χ2v) is 4.38. The molecule has 0 spiro atoms. The molecule has 1 aromatic carbocycles. The number of piperidine rings is 1. The van der Waals surface area contributed by atoms with Crippen molar-refractivity contribution in [3.8, 4) is 0 Å². The summed E-state index contributed by atoms with van der Waals surface area (Å²) in [5.41, 5.74) is 1.13. The molecule has 3 heteroatoms. The molecule has 90 valence electrons. The fourth-order valence-electron chi connectivity index (χ4n) is 2.23. The fraction of sp³-hybridized carbons (Fsp3) is 0.538. The summed E-state index contributed by atoms with van der Waals surface area (Å²) in [6, 6.07) is 6.96. The third-order valence-corrected chi connectivity index (χ3v) is 3.13. The minimum absolute atomic E-state index is 0. The van der Waals surface area contributed by atoms with Crippen molar-refractivity contribution in [2.45, 2.75) is 25.7 Å². The highest BCUT2D eigenvalue weighted by Crippen LogP contribution is 2.17. The first-order valence-corrected chi connectivity index (χ1v) is 5.80. The number of benzene rings is 1. The van der Waals surface area contributed by atoms with E-state index in [0.717, 1.165) is 31.0 Å². The summed E-state index contributed by atoms with van der Waals surface area (Å²) < 4.78 is 12.9. The van der Waals surface area contributed by atoms with Gasteiger partial charge in [0, 0.05) is 0 Å². The van der Waals surface area contributed by atoms with Gasteiger partial charge in [0.2, 0.25) is 0 Å². The van der Waals surface area contributed by atoms with Gasteiger partial charge in [-0.2, -0.15) is 0 Å². The molecule has 2 rings (SSSR count). The average Bonchev–Trinajstić information content (AvgIpc) is 2.28. The maximum atomic E-state index is 12.9. The lowest BCUT2D eigenvalue weighted by atomic mass is 9.93. The van der Waals surface area contributed by atoms with Gasteiger partial charge in [-0.3, -0.25) is 0 Å². The quantitative estimate of drug-likeness (QED) is 0.860. The van der Waals surface area contributed by atoms with Crippen molar-refractivity contribution in [1.82, 2.24) is 5.32 Å². The predicted molar refractivity (Wildman–Crippen MR) is 67.6 cm³/mol. The van der Waals surface area contributed by atoms with Gasteiger partial charge in [0.05, 0.1) is 0 Å². The molecule has 16 heavy (non-hydrogen) atoms. The van der Waals surface area contributed by atoms with E-state index >= 15 is 0 Å². The molecule has 1 aliphatic heterocycles. The Balaban J connectivity index is 0.00000128. The highest BCUT2D eigenvalue weighted by Gasteiger charge is 2.12. The Hall–Kier alpha value is -0.600. The number of hydrogen-bond donors (Lipinski definition) is 1. The van der Waals surface area contributed by atoms with Crippen molar-refractivity contribution in [2.24, 2.45) is 5.92 Å². The molecule has 1 aromatic rings. The summed E-state index contributed by atoms with van der Waals surface area (Å²) in [5.74, 6) is 0.663. The van der Waals surface area contributed by atoms with Crippen LogP contribution in [-0.4, -0.2) is 13.1 Å². The maximum absolute atomic E-state index is 12.9. The summed E-state index contributed by atoms with van der Waals surface area (Å²) >= 11 is 0. The summed E-state index contributed by atoms with van der Waals surface area (Å²) in [4.78, 5) is 0. The molecule has 1 nitrogen and oxygen atoms in total. The fourth-order valence-corrected chi connectivity index (χ4v) is 2.23. The second kappa shape index (κ2) is 6.87. The van der Waals surface area contributed by atoms with Crippen LogP contribution in [0.5, 0.6) is 0 Å². The van der Waals surface area contributed by atoms with Gasteiger partial charge in [0.15, 0.2) is 0 Å². The Bertz CT molecular complexity index is 311. The van der Waals surface area contributed by atoms with Gasteiger partial charge in [-0.25, -0.2) is 4.39 Å². The minimum Gasteiger partial charge on any atom is -0.316 e. The van der Waals surface area contributed by atoms with E-state index in [2.05, 4.69) is 5.32 Å². The monoisotopic (exact) mass is 243 g/mol. The Morgan fingerprint density at radius 3 is 2.94 bits per heavy atom.